The van der Waals surface area contributed by atoms with E-state index in [9.17, 15) is 4.79 Å². The van der Waals surface area contributed by atoms with Gasteiger partial charge in [-0.3, -0.25) is 4.79 Å². The van der Waals surface area contributed by atoms with Gasteiger partial charge in [0.2, 0.25) is 5.91 Å². The highest BCUT2D eigenvalue weighted by Gasteiger charge is 2.27. The van der Waals surface area contributed by atoms with Crippen molar-refractivity contribution < 1.29 is 4.79 Å². The summed E-state index contributed by atoms with van der Waals surface area (Å²) in [4.78, 5) is 14.3. The molecule has 0 aromatic heterocycles. The lowest BCUT2D eigenvalue weighted by atomic mass is 9.93. The smallest absolute Gasteiger partial charge is 0.239 e. The molecule has 1 aromatic carbocycles. The Morgan fingerprint density at radius 2 is 1.85 bits per heavy atom. The quantitative estimate of drug-likeness (QED) is 0.928. The van der Waals surface area contributed by atoms with Crippen LogP contribution in [0.5, 0.6) is 0 Å². The van der Waals surface area contributed by atoms with E-state index in [0.717, 1.165) is 12.8 Å². The van der Waals surface area contributed by atoms with Crippen LogP contribution in [0, 0.1) is 0 Å². The van der Waals surface area contributed by atoms with Crippen LogP contribution in [0.2, 0.25) is 0 Å². The number of carbonyl (C=O) groups is 1. The molecule has 0 saturated heterocycles. The summed E-state index contributed by atoms with van der Waals surface area (Å²) in [5.74, 6) is 0.0794. The van der Waals surface area contributed by atoms with Crippen LogP contribution in [0.25, 0.3) is 0 Å². The minimum atomic E-state index is -0.411. The zero-order valence-corrected chi connectivity index (χ0v) is 12.9. The molecule has 1 atom stereocenters. The fraction of sp³-hybridized carbons (Fsp3) is 0.562. The van der Waals surface area contributed by atoms with Gasteiger partial charge in [-0.05, 0) is 25.3 Å². The molecule has 2 rings (SSSR count). The van der Waals surface area contributed by atoms with Crippen LogP contribution < -0.4 is 5.73 Å². The molecule has 1 aromatic rings. The number of benzene rings is 1. The standard InChI is InChI=1S/C16H24N2O.ClH/c1-13(17)16(19)18(15-10-6-3-7-11-15)12-14-8-4-2-5-9-14;/h2,4-5,8-9,13,15H,3,6-7,10-12,17H2,1H3;1H/t13-;/m1./s1. The molecule has 0 unspecified atom stereocenters. The van der Waals surface area contributed by atoms with Crippen molar-refractivity contribution in [2.45, 2.75) is 57.7 Å². The molecule has 4 heteroatoms. The normalized spacial score (nSPS) is 17.1. The lowest BCUT2D eigenvalue weighted by molar-refractivity contribution is -0.136. The van der Waals surface area contributed by atoms with Crippen molar-refractivity contribution in [3.63, 3.8) is 0 Å². The highest BCUT2D eigenvalue weighted by Crippen LogP contribution is 2.24. The van der Waals surface area contributed by atoms with E-state index in [1.54, 1.807) is 6.92 Å². The predicted molar refractivity (Wildman–Crippen MR) is 84.8 cm³/mol. The number of hydrogen-bond donors (Lipinski definition) is 1. The van der Waals surface area contributed by atoms with Crippen molar-refractivity contribution >= 4 is 18.3 Å². The summed E-state index contributed by atoms with van der Waals surface area (Å²) in [5, 5.41) is 0. The minimum Gasteiger partial charge on any atom is -0.334 e. The molecule has 20 heavy (non-hydrogen) atoms. The first kappa shape index (κ1) is 17.0. The summed E-state index contributed by atoms with van der Waals surface area (Å²) in [5.41, 5.74) is 6.99. The second kappa shape index (κ2) is 8.28. The third kappa shape index (κ3) is 4.50. The van der Waals surface area contributed by atoms with Crippen LogP contribution >= 0.6 is 12.4 Å². The average molecular weight is 297 g/mol. The number of hydrogen-bond acceptors (Lipinski definition) is 2. The van der Waals surface area contributed by atoms with Crippen LogP contribution in [0.1, 0.15) is 44.6 Å². The Morgan fingerprint density at radius 1 is 1.25 bits per heavy atom. The molecule has 112 valence electrons. The second-order valence-electron chi connectivity index (χ2n) is 5.53. The Balaban J connectivity index is 0.00000200. The maximum Gasteiger partial charge on any atom is 0.239 e. The second-order valence-corrected chi connectivity index (χ2v) is 5.53. The molecule has 0 spiro atoms. The molecule has 0 radical (unpaired) electrons. The molecule has 3 nitrogen and oxygen atoms in total. The van der Waals surface area contributed by atoms with E-state index in [-0.39, 0.29) is 18.3 Å². The van der Waals surface area contributed by atoms with Crippen molar-refractivity contribution in [1.29, 1.82) is 0 Å². The minimum absolute atomic E-state index is 0. The van der Waals surface area contributed by atoms with E-state index in [4.69, 9.17) is 5.73 Å². The Bertz CT molecular complexity index is 402. The Labute approximate surface area is 127 Å². The fourth-order valence-electron chi connectivity index (χ4n) is 2.82. The van der Waals surface area contributed by atoms with Crippen molar-refractivity contribution in [2.24, 2.45) is 5.73 Å². The van der Waals surface area contributed by atoms with Crippen molar-refractivity contribution in [2.75, 3.05) is 0 Å². The zero-order chi connectivity index (χ0) is 13.7. The van der Waals surface area contributed by atoms with Gasteiger partial charge in [-0.2, -0.15) is 0 Å². The van der Waals surface area contributed by atoms with E-state index < -0.39 is 6.04 Å². The molecule has 2 N–H and O–H groups in total. The molecular formula is C16H25ClN2O. The van der Waals surface area contributed by atoms with Gasteiger partial charge in [0.25, 0.3) is 0 Å². The van der Waals surface area contributed by atoms with E-state index in [2.05, 4.69) is 12.1 Å². The first-order valence-corrected chi connectivity index (χ1v) is 7.28. The van der Waals surface area contributed by atoms with Crippen LogP contribution in [-0.4, -0.2) is 22.9 Å². The van der Waals surface area contributed by atoms with Gasteiger partial charge < -0.3 is 10.6 Å². The molecule has 1 aliphatic rings. The molecule has 0 heterocycles. The predicted octanol–water partition coefficient (Wildman–Crippen LogP) is 3.12. The largest absolute Gasteiger partial charge is 0.334 e. The highest BCUT2D eigenvalue weighted by atomic mass is 35.5. The van der Waals surface area contributed by atoms with Gasteiger partial charge in [-0.25, -0.2) is 0 Å². The number of nitrogens with two attached hydrogens (primary N) is 1. The van der Waals surface area contributed by atoms with Gasteiger partial charge in [0.05, 0.1) is 6.04 Å². The summed E-state index contributed by atoms with van der Waals surface area (Å²) in [6.07, 6.45) is 5.98. The molecule has 1 fully saturated rings. The maximum absolute atomic E-state index is 12.3. The third-order valence-electron chi connectivity index (χ3n) is 3.88. The molecule has 0 bridgehead atoms. The van der Waals surface area contributed by atoms with Gasteiger partial charge in [-0.15, -0.1) is 12.4 Å². The Kier molecular flexibility index (Phi) is 7.03. The number of halogens is 1. The number of rotatable bonds is 4. The van der Waals surface area contributed by atoms with Gasteiger partial charge in [0, 0.05) is 12.6 Å². The Hall–Kier alpha value is -1.06. The van der Waals surface area contributed by atoms with Crippen LogP contribution in [-0.2, 0) is 11.3 Å². The first-order chi connectivity index (χ1) is 9.18. The number of carbonyl (C=O) groups excluding carboxylic acids is 1. The molecular weight excluding hydrogens is 272 g/mol. The first-order valence-electron chi connectivity index (χ1n) is 7.28. The van der Waals surface area contributed by atoms with Gasteiger partial charge in [0.15, 0.2) is 0 Å². The maximum atomic E-state index is 12.3. The molecule has 1 aliphatic carbocycles. The zero-order valence-electron chi connectivity index (χ0n) is 12.1. The fourth-order valence-corrected chi connectivity index (χ4v) is 2.82. The van der Waals surface area contributed by atoms with E-state index in [1.807, 2.05) is 23.1 Å². The number of amides is 1. The lowest BCUT2D eigenvalue weighted by Gasteiger charge is -2.35. The Morgan fingerprint density at radius 3 is 2.40 bits per heavy atom. The van der Waals surface area contributed by atoms with Gasteiger partial charge in [-0.1, -0.05) is 49.6 Å². The van der Waals surface area contributed by atoms with E-state index in [0.29, 0.717) is 12.6 Å². The monoisotopic (exact) mass is 296 g/mol. The van der Waals surface area contributed by atoms with Crippen LogP contribution in [0.3, 0.4) is 0 Å². The lowest BCUT2D eigenvalue weighted by Crippen LogP contribution is -2.47. The highest BCUT2D eigenvalue weighted by molar-refractivity contribution is 5.85. The van der Waals surface area contributed by atoms with E-state index in [1.165, 1.54) is 24.8 Å². The summed E-state index contributed by atoms with van der Waals surface area (Å²) < 4.78 is 0. The van der Waals surface area contributed by atoms with Crippen molar-refractivity contribution in [1.82, 2.24) is 4.90 Å². The summed E-state index contributed by atoms with van der Waals surface area (Å²) >= 11 is 0. The summed E-state index contributed by atoms with van der Waals surface area (Å²) in [6, 6.07) is 10.1. The van der Waals surface area contributed by atoms with Crippen molar-refractivity contribution in [3.8, 4) is 0 Å². The topological polar surface area (TPSA) is 46.3 Å². The van der Waals surface area contributed by atoms with Crippen LogP contribution in [0.15, 0.2) is 30.3 Å². The van der Waals surface area contributed by atoms with E-state index >= 15 is 0 Å². The van der Waals surface area contributed by atoms with Gasteiger partial charge >= 0.3 is 0 Å². The van der Waals surface area contributed by atoms with Crippen molar-refractivity contribution in [3.05, 3.63) is 35.9 Å². The SMILES string of the molecule is C[C@@H](N)C(=O)N(Cc1ccccc1)C1CCCCC1.Cl. The molecule has 1 saturated carbocycles. The molecule has 0 aliphatic heterocycles. The third-order valence-corrected chi connectivity index (χ3v) is 3.88. The summed E-state index contributed by atoms with van der Waals surface area (Å²) in [6.45, 7) is 2.47. The van der Waals surface area contributed by atoms with Gasteiger partial charge in [0.1, 0.15) is 0 Å². The molecule has 1 amide bonds. The number of nitrogens with zero attached hydrogens (tertiary/aromatic N) is 1. The van der Waals surface area contributed by atoms with Crippen LogP contribution in [0.4, 0.5) is 0 Å². The average Bonchev–Trinajstić information content (AvgIpc) is 2.46. The summed E-state index contributed by atoms with van der Waals surface area (Å²) in [7, 11) is 0.